The maximum absolute atomic E-state index is 14.1. The quantitative estimate of drug-likeness (QED) is 0.435. The summed E-state index contributed by atoms with van der Waals surface area (Å²) in [7, 11) is 0. The third-order valence-corrected chi connectivity index (χ3v) is 8.36. The summed E-state index contributed by atoms with van der Waals surface area (Å²) in [5.41, 5.74) is 5.65. The molecule has 1 N–H and O–H groups in total. The number of hydrogen-bond donors (Lipinski definition) is 1. The van der Waals surface area contributed by atoms with Gasteiger partial charge >= 0.3 is 0 Å². The Morgan fingerprint density at radius 2 is 1.97 bits per heavy atom. The number of ether oxygens (including phenoxy) is 2. The minimum absolute atomic E-state index is 0.0285. The summed E-state index contributed by atoms with van der Waals surface area (Å²) in [6.07, 6.45) is 3.63. The molecule has 6 rings (SSSR count). The van der Waals surface area contributed by atoms with E-state index in [1.165, 1.54) is 29.1 Å². The molecule has 1 saturated carbocycles. The molecule has 6 heteroatoms. The van der Waals surface area contributed by atoms with Gasteiger partial charge in [0.2, 0.25) is 5.91 Å². The second kappa shape index (κ2) is 8.35. The maximum Gasteiger partial charge on any atom is 0.231 e. The van der Waals surface area contributed by atoms with Crippen LogP contribution in [0.15, 0.2) is 60.7 Å². The minimum atomic E-state index is -0.254. The van der Waals surface area contributed by atoms with Crippen LogP contribution < -0.4 is 14.2 Å². The van der Waals surface area contributed by atoms with Gasteiger partial charge in [-0.2, -0.15) is 0 Å². The van der Waals surface area contributed by atoms with Gasteiger partial charge in [0.05, 0.1) is 11.9 Å². The Morgan fingerprint density at radius 3 is 2.74 bits per heavy atom. The molecule has 3 aliphatic rings. The highest BCUT2D eigenvalue weighted by Gasteiger charge is 2.60. The van der Waals surface area contributed by atoms with Crippen molar-refractivity contribution in [3.8, 4) is 22.6 Å². The number of amides is 1. The number of hydrogen-bond acceptors (Lipinski definition) is 4. The molecule has 3 atom stereocenters. The lowest BCUT2D eigenvalue weighted by Crippen LogP contribution is -2.13. The molecule has 2 unspecified atom stereocenters. The Bertz CT molecular complexity index is 1260. The van der Waals surface area contributed by atoms with Gasteiger partial charge in [0.15, 0.2) is 0 Å². The summed E-state index contributed by atoms with van der Waals surface area (Å²) in [4.78, 5) is 11.5. The number of nitrogens with one attached hydrogen (secondary N) is 1. The van der Waals surface area contributed by atoms with Crippen molar-refractivity contribution in [2.75, 3.05) is 6.61 Å². The predicted molar refractivity (Wildman–Crippen MR) is 132 cm³/mol. The van der Waals surface area contributed by atoms with Crippen LogP contribution in [0, 0.1) is 5.82 Å². The molecule has 1 spiro atoms. The number of halogens is 1. The first-order chi connectivity index (χ1) is 16.6. The first kappa shape index (κ1) is 21.5. The first-order valence-corrected chi connectivity index (χ1v) is 12.7. The monoisotopic (exact) mass is 475 g/mol. The van der Waals surface area contributed by atoms with Gasteiger partial charge in [-0.1, -0.05) is 30.3 Å². The summed E-state index contributed by atoms with van der Waals surface area (Å²) < 4.78 is 29.2. The van der Waals surface area contributed by atoms with Crippen LogP contribution >= 0.6 is 11.9 Å². The van der Waals surface area contributed by atoms with Gasteiger partial charge < -0.3 is 9.47 Å². The van der Waals surface area contributed by atoms with Crippen LogP contribution in [0.25, 0.3) is 11.1 Å². The Morgan fingerprint density at radius 1 is 1.12 bits per heavy atom. The highest BCUT2D eigenvalue weighted by atomic mass is 32.2. The van der Waals surface area contributed by atoms with E-state index >= 15 is 0 Å². The molecule has 1 heterocycles. The van der Waals surface area contributed by atoms with Crippen molar-refractivity contribution >= 4 is 17.9 Å². The Kier molecular flexibility index (Phi) is 5.29. The standard InChI is InChI=1S/C28H26FNO3S/c1-2-32-24-11-8-18(29)14-22(24)20-4-3-5-23-21(20)12-13-28(23)16-26(28)33-19-9-6-17(7-10-19)25-15-27(31)30-34-25/h3-11,14,25-26H,2,12-13,15-16H2,1H3,(H,30,31)/t25?,26?,28-/m0/s1. The zero-order chi connectivity index (χ0) is 23.3. The van der Waals surface area contributed by atoms with E-state index in [0.29, 0.717) is 13.0 Å². The van der Waals surface area contributed by atoms with Crippen molar-refractivity contribution in [2.24, 2.45) is 0 Å². The van der Waals surface area contributed by atoms with Gasteiger partial charge in [0, 0.05) is 17.4 Å². The molecule has 174 valence electrons. The fourth-order valence-electron chi connectivity index (χ4n) is 5.52. The van der Waals surface area contributed by atoms with E-state index < -0.39 is 0 Å². The first-order valence-electron chi connectivity index (χ1n) is 11.8. The maximum atomic E-state index is 14.1. The van der Waals surface area contributed by atoms with Gasteiger partial charge in [-0.05, 0) is 90.7 Å². The third kappa shape index (κ3) is 3.65. The van der Waals surface area contributed by atoms with E-state index in [9.17, 15) is 9.18 Å². The lowest BCUT2D eigenvalue weighted by atomic mass is 9.92. The molecule has 1 saturated heterocycles. The number of carbonyl (C=O) groups excluding carboxylic acids is 1. The molecule has 3 aromatic carbocycles. The summed E-state index contributed by atoms with van der Waals surface area (Å²) in [5, 5.41) is 0.165. The molecule has 34 heavy (non-hydrogen) atoms. The minimum Gasteiger partial charge on any atom is -0.493 e. The van der Waals surface area contributed by atoms with Crippen LogP contribution in [0.5, 0.6) is 11.5 Å². The van der Waals surface area contributed by atoms with Crippen molar-refractivity contribution < 1.29 is 18.7 Å². The van der Waals surface area contributed by atoms with Gasteiger partial charge in [-0.15, -0.1) is 0 Å². The van der Waals surface area contributed by atoms with Crippen molar-refractivity contribution in [2.45, 2.75) is 49.4 Å². The molecule has 3 aromatic rings. The molecular formula is C28H26FNO3S. The number of benzene rings is 3. The SMILES string of the molecule is CCOc1ccc(F)cc1-c1cccc2c1CC[C@]21CC1Oc1ccc(C2CC(=O)NS2)cc1. The molecular weight excluding hydrogens is 449 g/mol. The van der Waals surface area contributed by atoms with Crippen LogP contribution in [-0.2, 0) is 16.6 Å². The second-order valence-electron chi connectivity index (χ2n) is 9.28. The molecule has 2 aliphatic carbocycles. The van der Waals surface area contributed by atoms with Crippen LogP contribution in [0.4, 0.5) is 4.39 Å². The zero-order valence-corrected chi connectivity index (χ0v) is 19.8. The summed E-state index contributed by atoms with van der Waals surface area (Å²) in [5.74, 6) is 1.41. The van der Waals surface area contributed by atoms with Gasteiger partial charge in [0.1, 0.15) is 23.4 Å². The van der Waals surface area contributed by atoms with Gasteiger partial charge in [-0.3, -0.25) is 9.52 Å². The van der Waals surface area contributed by atoms with Crippen LogP contribution in [-0.4, -0.2) is 18.6 Å². The Labute approximate surface area is 203 Å². The Hall–Kier alpha value is -2.99. The van der Waals surface area contributed by atoms with E-state index in [1.54, 1.807) is 12.1 Å². The van der Waals surface area contributed by atoms with Gasteiger partial charge in [0.25, 0.3) is 0 Å². The van der Waals surface area contributed by atoms with Crippen LogP contribution in [0.3, 0.4) is 0 Å². The average Bonchev–Trinajstić information content (AvgIpc) is 3.14. The molecule has 0 bridgehead atoms. The van der Waals surface area contributed by atoms with E-state index in [-0.39, 0.29) is 28.5 Å². The van der Waals surface area contributed by atoms with Gasteiger partial charge in [-0.25, -0.2) is 4.39 Å². The Balaban J connectivity index is 1.23. The van der Waals surface area contributed by atoms with E-state index in [2.05, 4.69) is 35.1 Å². The summed E-state index contributed by atoms with van der Waals surface area (Å²) in [6.45, 7) is 2.48. The molecule has 1 amide bonds. The van der Waals surface area contributed by atoms with Crippen molar-refractivity contribution in [1.29, 1.82) is 0 Å². The van der Waals surface area contributed by atoms with Crippen molar-refractivity contribution in [1.82, 2.24) is 4.72 Å². The molecule has 0 aromatic heterocycles. The average molecular weight is 476 g/mol. The van der Waals surface area contributed by atoms with Crippen LogP contribution in [0.1, 0.15) is 48.1 Å². The van der Waals surface area contributed by atoms with E-state index in [0.717, 1.165) is 47.5 Å². The third-order valence-electron chi connectivity index (χ3n) is 7.29. The predicted octanol–water partition coefficient (Wildman–Crippen LogP) is 6.14. The topological polar surface area (TPSA) is 47.6 Å². The highest BCUT2D eigenvalue weighted by Crippen LogP contribution is 2.59. The van der Waals surface area contributed by atoms with Crippen molar-refractivity contribution in [3.05, 3.63) is 83.2 Å². The lowest BCUT2D eigenvalue weighted by molar-refractivity contribution is -0.118. The lowest BCUT2D eigenvalue weighted by Gasteiger charge is -2.16. The number of rotatable bonds is 6. The summed E-state index contributed by atoms with van der Waals surface area (Å²) >= 11 is 1.47. The smallest absolute Gasteiger partial charge is 0.231 e. The van der Waals surface area contributed by atoms with Crippen molar-refractivity contribution in [3.63, 3.8) is 0 Å². The molecule has 2 fully saturated rings. The molecule has 1 aliphatic heterocycles. The fourth-order valence-corrected chi connectivity index (χ4v) is 6.41. The number of carbonyl (C=O) groups is 1. The highest BCUT2D eigenvalue weighted by molar-refractivity contribution is 7.98. The van der Waals surface area contributed by atoms with Crippen LogP contribution in [0.2, 0.25) is 0 Å². The largest absolute Gasteiger partial charge is 0.493 e. The van der Waals surface area contributed by atoms with E-state index in [4.69, 9.17) is 9.47 Å². The molecule has 4 nitrogen and oxygen atoms in total. The molecule has 0 radical (unpaired) electrons. The summed E-state index contributed by atoms with van der Waals surface area (Å²) in [6, 6.07) is 19.3. The normalized spacial score (nSPS) is 24.7. The second-order valence-corrected chi connectivity index (χ2v) is 10.3. The zero-order valence-electron chi connectivity index (χ0n) is 19.0. The van der Waals surface area contributed by atoms with E-state index in [1.807, 2.05) is 19.1 Å². The number of fused-ring (bicyclic) bond motifs is 2. The fraction of sp³-hybridized carbons (Fsp3) is 0.321.